The Kier molecular flexibility index (Phi) is 11.3. The first-order valence-electron chi connectivity index (χ1n) is 9.29. The number of rotatable bonds is 14. The van der Waals surface area contributed by atoms with Crippen LogP contribution in [0.15, 0.2) is 0 Å². The largest absolute Gasteiger partial charge is 0.396 e. The van der Waals surface area contributed by atoms with Crippen LogP contribution in [0.25, 0.3) is 0 Å². The molecule has 140 valence electrons. The molecule has 0 radical (unpaired) electrons. The van der Waals surface area contributed by atoms with E-state index >= 15 is 0 Å². The molecule has 4 heteroatoms. The van der Waals surface area contributed by atoms with Crippen molar-refractivity contribution < 1.29 is 20.4 Å². The summed E-state index contributed by atoms with van der Waals surface area (Å²) in [6.45, 7) is 8.03. The molecule has 0 fully saturated rings. The second-order valence-electron chi connectivity index (χ2n) is 8.15. The van der Waals surface area contributed by atoms with Gasteiger partial charge in [-0.1, -0.05) is 33.1 Å². The van der Waals surface area contributed by atoms with Gasteiger partial charge in [0.2, 0.25) is 0 Å². The van der Waals surface area contributed by atoms with Crippen LogP contribution < -0.4 is 0 Å². The van der Waals surface area contributed by atoms with Crippen molar-refractivity contribution in [2.24, 2.45) is 5.41 Å². The molecule has 4 nitrogen and oxygen atoms in total. The van der Waals surface area contributed by atoms with E-state index in [2.05, 4.69) is 13.8 Å². The highest BCUT2D eigenvalue weighted by Gasteiger charge is 2.34. The molecule has 0 amide bonds. The standard InChI is InChI=1S/C19H40O4/c1-18(2,19(3,4)23)14-9-13-17(22)12-8-11-16(21)10-6-5-7-15-20/h16-17,20-23H,5-15H2,1-4H3. The van der Waals surface area contributed by atoms with Gasteiger partial charge < -0.3 is 20.4 Å². The first-order chi connectivity index (χ1) is 10.6. The van der Waals surface area contributed by atoms with E-state index < -0.39 is 5.60 Å². The van der Waals surface area contributed by atoms with Crippen LogP contribution in [-0.4, -0.2) is 44.8 Å². The van der Waals surface area contributed by atoms with Crippen LogP contribution in [0.5, 0.6) is 0 Å². The van der Waals surface area contributed by atoms with Crippen molar-refractivity contribution in [3.63, 3.8) is 0 Å². The normalized spacial score (nSPS) is 15.7. The third-order valence-corrected chi connectivity index (χ3v) is 5.27. The third kappa shape index (κ3) is 11.1. The Morgan fingerprint density at radius 2 is 1.17 bits per heavy atom. The molecule has 0 aliphatic heterocycles. The molecule has 0 saturated heterocycles. The molecule has 0 rings (SSSR count). The lowest BCUT2D eigenvalue weighted by Gasteiger charge is -2.37. The Balaban J connectivity index is 3.70. The SMILES string of the molecule is CC(C)(O)C(C)(C)CCCC(O)CCCC(O)CCCCCO. The maximum atomic E-state index is 10.1. The zero-order chi connectivity index (χ0) is 17.9. The summed E-state index contributed by atoms with van der Waals surface area (Å²) < 4.78 is 0. The van der Waals surface area contributed by atoms with Crippen molar-refractivity contribution >= 4 is 0 Å². The fraction of sp³-hybridized carbons (Fsp3) is 1.00. The molecule has 0 aromatic rings. The predicted molar refractivity (Wildman–Crippen MR) is 95.3 cm³/mol. The lowest BCUT2D eigenvalue weighted by molar-refractivity contribution is -0.0418. The second-order valence-corrected chi connectivity index (χ2v) is 8.15. The van der Waals surface area contributed by atoms with E-state index in [1.165, 1.54) is 0 Å². The lowest BCUT2D eigenvalue weighted by atomic mass is 9.73. The molecule has 0 bridgehead atoms. The quantitative estimate of drug-likeness (QED) is 0.368. The lowest BCUT2D eigenvalue weighted by Crippen LogP contribution is -2.38. The molecule has 0 aliphatic rings. The van der Waals surface area contributed by atoms with E-state index in [9.17, 15) is 15.3 Å². The minimum Gasteiger partial charge on any atom is -0.396 e. The highest BCUT2D eigenvalue weighted by atomic mass is 16.3. The zero-order valence-corrected chi connectivity index (χ0v) is 15.7. The van der Waals surface area contributed by atoms with Gasteiger partial charge in [0, 0.05) is 6.61 Å². The summed E-state index contributed by atoms with van der Waals surface area (Å²) in [5, 5.41) is 38.7. The molecule has 23 heavy (non-hydrogen) atoms. The smallest absolute Gasteiger partial charge is 0.0642 e. The molecule has 0 saturated carbocycles. The molecule has 2 unspecified atom stereocenters. The maximum absolute atomic E-state index is 10.1. The Morgan fingerprint density at radius 3 is 1.65 bits per heavy atom. The molecule has 0 heterocycles. The fourth-order valence-electron chi connectivity index (χ4n) is 2.63. The number of aliphatic hydroxyl groups excluding tert-OH is 3. The van der Waals surface area contributed by atoms with Crippen molar-refractivity contribution in [2.75, 3.05) is 6.61 Å². The van der Waals surface area contributed by atoms with Crippen LogP contribution in [0.4, 0.5) is 0 Å². The van der Waals surface area contributed by atoms with Gasteiger partial charge in [0.25, 0.3) is 0 Å². The van der Waals surface area contributed by atoms with Gasteiger partial charge in [0.05, 0.1) is 17.8 Å². The highest BCUT2D eigenvalue weighted by molar-refractivity contribution is 4.85. The minimum atomic E-state index is -0.710. The first-order valence-corrected chi connectivity index (χ1v) is 9.29. The van der Waals surface area contributed by atoms with E-state index in [1.807, 2.05) is 13.8 Å². The number of unbranched alkanes of at least 4 members (excludes halogenated alkanes) is 2. The summed E-state index contributed by atoms with van der Waals surface area (Å²) in [6, 6.07) is 0. The van der Waals surface area contributed by atoms with Gasteiger partial charge in [-0.15, -0.1) is 0 Å². The molecule has 0 aliphatic carbocycles. The van der Waals surface area contributed by atoms with Gasteiger partial charge in [-0.25, -0.2) is 0 Å². The Labute approximate surface area is 142 Å². The molecule has 0 aromatic heterocycles. The predicted octanol–water partition coefficient (Wildman–Crippen LogP) is 3.40. The van der Waals surface area contributed by atoms with Gasteiger partial charge in [-0.05, 0) is 64.2 Å². The van der Waals surface area contributed by atoms with E-state index in [0.717, 1.165) is 64.2 Å². The van der Waals surface area contributed by atoms with Gasteiger partial charge in [0.15, 0.2) is 0 Å². The van der Waals surface area contributed by atoms with Crippen molar-refractivity contribution in [1.29, 1.82) is 0 Å². The van der Waals surface area contributed by atoms with Crippen molar-refractivity contribution in [3.8, 4) is 0 Å². The number of hydrogen-bond donors (Lipinski definition) is 4. The van der Waals surface area contributed by atoms with Crippen LogP contribution in [0, 0.1) is 5.41 Å². The van der Waals surface area contributed by atoms with Crippen molar-refractivity contribution in [1.82, 2.24) is 0 Å². The van der Waals surface area contributed by atoms with Gasteiger partial charge in [-0.2, -0.15) is 0 Å². The van der Waals surface area contributed by atoms with Gasteiger partial charge in [0.1, 0.15) is 0 Å². The number of aliphatic hydroxyl groups is 4. The summed E-state index contributed by atoms with van der Waals surface area (Å²) >= 11 is 0. The average molecular weight is 333 g/mol. The molecule has 4 N–H and O–H groups in total. The topological polar surface area (TPSA) is 80.9 Å². The van der Waals surface area contributed by atoms with Crippen LogP contribution >= 0.6 is 0 Å². The summed E-state index contributed by atoms with van der Waals surface area (Å²) in [6.07, 6.45) is 7.80. The van der Waals surface area contributed by atoms with Crippen LogP contribution in [0.3, 0.4) is 0 Å². The van der Waals surface area contributed by atoms with Crippen LogP contribution in [0.2, 0.25) is 0 Å². The third-order valence-electron chi connectivity index (χ3n) is 5.27. The van der Waals surface area contributed by atoms with Crippen molar-refractivity contribution in [3.05, 3.63) is 0 Å². The molecular weight excluding hydrogens is 292 g/mol. The van der Waals surface area contributed by atoms with Crippen LogP contribution in [-0.2, 0) is 0 Å². The minimum absolute atomic E-state index is 0.155. The summed E-state index contributed by atoms with van der Waals surface area (Å²) in [7, 11) is 0. The Morgan fingerprint density at radius 1 is 0.696 bits per heavy atom. The molecular formula is C19H40O4. The maximum Gasteiger partial charge on any atom is 0.0642 e. The van der Waals surface area contributed by atoms with Gasteiger partial charge >= 0.3 is 0 Å². The average Bonchev–Trinajstić information content (AvgIpc) is 2.42. The summed E-state index contributed by atoms with van der Waals surface area (Å²) in [5.74, 6) is 0. The van der Waals surface area contributed by atoms with E-state index in [0.29, 0.717) is 0 Å². The summed E-state index contributed by atoms with van der Waals surface area (Å²) in [5.41, 5.74) is -0.866. The second kappa shape index (κ2) is 11.4. The van der Waals surface area contributed by atoms with E-state index in [4.69, 9.17) is 5.11 Å². The molecule has 0 aromatic carbocycles. The van der Waals surface area contributed by atoms with E-state index in [-0.39, 0.29) is 24.2 Å². The molecule has 2 atom stereocenters. The fourth-order valence-corrected chi connectivity index (χ4v) is 2.63. The van der Waals surface area contributed by atoms with Crippen LogP contribution in [0.1, 0.15) is 91.9 Å². The monoisotopic (exact) mass is 332 g/mol. The highest BCUT2D eigenvalue weighted by Crippen LogP contribution is 2.35. The Bertz CT molecular complexity index is 284. The zero-order valence-electron chi connectivity index (χ0n) is 15.7. The van der Waals surface area contributed by atoms with Crippen molar-refractivity contribution in [2.45, 2.75) is 110 Å². The first kappa shape index (κ1) is 22.8. The summed E-state index contributed by atoms with van der Waals surface area (Å²) in [4.78, 5) is 0. The van der Waals surface area contributed by atoms with E-state index in [1.54, 1.807) is 0 Å². The number of hydrogen-bond acceptors (Lipinski definition) is 4. The van der Waals surface area contributed by atoms with Gasteiger partial charge in [-0.3, -0.25) is 0 Å². The Hall–Kier alpha value is -0.160. The molecule has 0 spiro atoms.